The van der Waals surface area contributed by atoms with Gasteiger partial charge in [0.15, 0.2) is 24.2 Å². The molecule has 0 saturated carbocycles. The van der Waals surface area contributed by atoms with Crippen molar-refractivity contribution in [2.24, 2.45) is 0 Å². The van der Waals surface area contributed by atoms with Crippen LogP contribution in [0.5, 0.6) is 5.75 Å². The fourth-order valence-corrected chi connectivity index (χ4v) is 10.3. The number of carbonyl (C=O) groups is 2. The molecule has 1 fully saturated rings. The van der Waals surface area contributed by atoms with Gasteiger partial charge in [-0.05, 0) is 99.1 Å². The van der Waals surface area contributed by atoms with Crippen LogP contribution in [-0.4, -0.2) is 110 Å². The molecule has 1 atom stereocenters. The Kier molecular flexibility index (Phi) is 16.0. The van der Waals surface area contributed by atoms with E-state index in [9.17, 15) is 9.59 Å². The molecule has 6 rings (SSSR count). The minimum atomic E-state index is -1.38. The molecule has 2 aliphatic heterocycles. The van der Waals surface area contributed by atoms with Gasteiger partial charge in [-0.2, -0.15) is 5.10 Å². The third-order valence-corrected chi connectivity index (χ3v) is 17.0. The standard InChI is InChI=1S/C48H75FN6O7Si3/c1-14-34-27-43(61-33-60-22-25-65(11,12)13)38(49)28-37(34)35-17-18-36-41(26-35)55(32-59-21-24-64(8,9)10)51-44(36)45-50-39-29-52(30-42(39)54(45)31-58-20-23-63(5,6)7)46(56)40-16-15-19-53(40)47(57)62-48(2,3)4/h17-18,26-28,40H,14-16,19-25,29-33H2,1-13H3/t40-/m0/s1. The van der Waals surface area contributed by atoms with Crippen molar-refractivity contribution >= 4 is 47.1 Å². The molecule has 17 heteroatoms. The zero-order chi connectivity index (χ0) is 47.5. The maximum Gasteiger partial charge on any atom is 0.410 e. The van der Waals surface area contributed by atoms with E-state index >= 15 is 4.39 Å². The van der Waals surface area contributed by atoms with Crippen LogP contribution in [0, 0.1) is 5.82 Å². The van der Waals surface area contributed by atoms with Gasteiger partial charge in [0.1, 0.15) is 30.8 Å². The second kappa shape index (κ2) is 20.6. The molecule has 2 aromatic heterocycles. The quantitative estimate of drug-likeness (QED) is 0.0484. The second-order valence-corrected chi connectivity index (χ2v) is 39.2. The van der Waals surface area contributed by atoms with Crippen molar-refractivity contribution in [2.75, 3.05) is 33.2 Å². The third-order valence-electron chi connectivity index (χ3n) is 11.8. The minimum absolute atomic E-state index is 0.000364. The Hall–Kier alpha value is -3.88. The van der Waals surface area contributed by atoms with Crippen LogP contribution in [0.1, 0.15) is 57.5 Å². The number of nitrogens with zero attached hydrogens (tertiary/aromatic N) is 6. The number of hydrogen-bond acceptors (Lipinski definition) is 9. The van der Waals surface area contributed by atoms with Gasteiger partial charge in [-0.1, -0.05) is 71.9 Å². The van der Waals surface area contributed by atoms with Crippen LogP contribution in [0.2, 0.25) is 77.1 Å². The van der Waals surface area contributed by atoms with Crippen molar-refractivity contribution in [1.29, 1.82) is 0 Å². The van der Waals surface area contributed by atoms with Crippen molar-refractivity contribution in [1.82, 2.24) is 29.1 Å². The summed E-state index contributed by atoms with van der Waals surface area (Å²) in [4.78, 5) is 36.0. The molecule has 13 nitrogen and oxygen atoms in total. The molecule has 2 amide bonds. The van der Waals surface area contributed by atoms with Crippen LogP contribution in [0.15, 0.2) is 30.3 Å². The Balaban J connectivity index is 1.34. The van der Waals surface area contributed by atoms with E-state index < -0.39 is 47.8 Å². The van der Waals surface area contributed by atoms with E-state index in [2.05, 4.69) is 76.5 Å². The number of likely N-dealkylation sites (tertiary alicyclic amines) is 1. The van der Waals surface area contributed by atoms with Crippen LogP contribution < -0.4 is 4.74 Å². The zero-order valence-corrected chi connectivity index (χ0v) is 44.5. The topological polar surface area (TPSA) is 122 Å². The lowest BCUT2D eigenvalue weighted by Gasteiger charge is -2.30. The number of imidazole rings is 1. The number of aryl methyl sites for hydroxylation is 1. The summed E-state index contributed by atoms with van der Waals surface area (Å²) in [6, 6.07) is 11.9. The first-order valence-electron chi connectivity index (χ1n) is 23.5. The lowest BCUT2D eigenvalue weighted by Crippen LogP contribution is -2.47. The minimum Gasteiger partial charge on any atom is -0.464 e. The Morgan fingerprint density at radius 3 is 2.12 bits per heavy atom. The molecule has 65 heavy (non-hydrogen) atoms. The summed E-state index contributed by atoms with van der Waals surface area (Å²) in [7, 11) is -3.99. The summed E-state index contributed by atoms with van der Waals surface area (Å²) in [5.74, 6) is 0.279. The number of amides is 2. The summed E-state index contributed by atoms with van der Waals surface area (Å²) in [5.41, 5.74) is 5.09. The zero-order valence-electron chi connectivity index (χ0n) is 41.5. The number of carbonyl (C=O) groups excluding carboxylic acids is 2. The van der Waals surface area contributed by atoms with E-state index in [1.807, 2.05) is 37.6 Å². The lowest BCUT2D eigenvalue weighted by atomic mass is 9.96. The molecule has 0 spiro atoms. The summed E-state index contributed by atoms with van der Waals surface area (Å²) in [6.45, 7) is 31.8. The highest BCUT2D eigenvalue weighted by atomic mass is 28.3. The number of ether oxygens (including phenoxy) is 5. The fraction of sp³-hybridized carbons (Fsp3) is 0.625. The molecule has 1 saturated heterocycles. The van der Waals surface area contributed by atoms with E-state index in [0.29, 0.717) is 63.8 Å². The molecule has 2 aromatic carbocycles. The van der Waals surface area contributed by atoms with Gasteiger partial charge < -0.3 is 33.2 Å². The van der Waals surface area contributed by atoms with Crippen molar-refractivity contribution in [3.05, 3.63) is 53.1 Å². The molecule has 0 radical (unpaired) electrons. The molecule has 2 aliphatic rings. The van der Waals surface area contributed by atoms with Crippen LogP contribution in [-0.2, 0) is 56.7 Å². The molecule has 0 bridgehead atoms. The van der Waals surface area contributed by atoms with Crippen LogP contribution in [0.4, 0.5) is 9.18 Å². The first-order valence-corrected chi connectivity index (χ1v) is 34.6. The van der Waals surface area contributed by atoms with Gasteiger partial charge in [0.05, 0.1) is 30.0 Å². The summed E-state index contributed by atoms with van der Waals surface area (Å²) in [5, 5.41) is 6.08. The van der Waals surface area contributed by atoms with Crippen LogP contribution >= 0.6 is 0 Å². The maximum atomic E-state index is 15.8. The van der Waals surface area contributed by atoms with E-state index in [1.165, 1.54) is 0 Å². The smallest absolute Gasteiger partial charge is 0.410 e. The fourth-order valence-electron chi connectivity index (χ4n) is 7.98. The normalized spacial score (nSPS) is 15.9. The van der Waals surface area contributed by atoms with E-state index in [4.69, 9.17) is 33.8 Å². The van der Waals surface area contributed by atoms with Gasteiger partial charge in [-0.25, -0.2) is 18.9 Å². The Labute approximate surface area is 389 Å². The highest BCUT2D eigenvalue weighted by Gasteiger charge is 2.41. The average Bonchev–Trinajstić information content (AvgIpc) is 3.99. The molecule has 358 valence electrons. The molecule has 4 aromatic rings. The molecule has 4 heterocycles. The third kappa shape index (κ3) is 13.4. The second-order valence-electron chi connectivity index (χ2n) is 22.3. The van der Waals surface area contributed by atoms with Crippen LogP contribution in [0.25, 0.3) is 33.5 Å². The van der Waals surface area contributed by atoms with Gasteiger partial charge in [-0.3, -0.25) is 9.69 Å². The SMILES string of the molecule is CCc1cc(OCOCC[Si](C)(C)C)c(F)cc1-c1ccc2c(-c3nc4c(n3COCC[Si](C)(C)C)CN(C(=O)[C@@H]3CCCN3C(=O)OC(C)(C)C)C4)nn(COCC[Si](C)(C)C)c2c1. The Bertz CT molecular complexity index is 2310. The molecule has 0 unspecified atom stereocenters. The predicted octanol–water partition coefficient (Wildman–Crippen LogP) is 10.8. The van der Waals surface area contributed by atoms with Gasteiger partial charge >= 0.3 is 6.09 Å². The molecule has 0 N–H and O–H groups in total. The Morgan fingerprint density at radius 1 is 0.846 bits per heavy atom. The lowest BCUT2D eigenvalue weighted by molar-refractivity contribution is -0.136. The predicted molar refractivity (Wildman–Crippen MR) is 264 cm³/mol. The summed E-state index contributed by atoms with van der Waals surface area (Å²) in [6.07, 6.45) is 1.53. The van der Waals surface area contributed by atoms with E-state index in [0.717, 1.165) is 63.5 Å². The number of fused-ring (bicyclic) bond motifs is 2. The Morgan fingerprint density at radius 2 is 1.49 bits per heavy atom. The largest absolute Gasteiger partial charge is 0.464 e. The van der Waals surface area contributed by atoms with Crippen molar-refractivity contribution in [3.8, 4) is 28.4 Å². The molecule has 0 aliphatic carbocycles. The van der Waals surface area contributed by atoms with Gasteiger partial charge in [0, 0.05) is 56.0 Å². The monoisotopic (exact) mass is 950 g/mol. The summed E-state index contributed by atoms with van der Waals surface area (Å²) < 4.78 is 49.7. The van der Waals surface area contributed by atoms with Crippen LogP contribution in [0.3, 0.4) is 0 Å². The van der Waals surface area contributed by atoms with E-state index in [1.54, 1.807) is 21.9 Å². The number of benzene rings is 2. The number of rotatable bonds is 20. The first-order chi connectivity index (χ1) is 30.4. The van der Waals surface area contributed by atoms with Gasteiger partial charge in [0.25, 0.3) is 0 Å². The maximum absolute atomic E-state index is 15.8. The van der Waals surface area contributed by atoms with Crippen molar-refractivity contribution in [3.63, 3.8) is 0 Å². The highest BCUT2D eigenvalue weighted by Crippen LogP contribution is 2.38. The first kappa shape index (κ1) is 50.5. The van der Waals surface area contributed by atoms with Gasteiger partial charge in [0.2, 0.25) is 5.91 Å². The number of aromatic nitrogens is 4. The van der Waals surface area contributed by atoms with Gasteiger partial charge in [-0.15, -0.1) is 0 Å². The van der Waals surface area contributed by atoms with Crippen molar-refractivity contribution < 1.29 is 37.7 Å². The molecular formula is C48H75FN6O7Si3. The van der Waals surface area contributed by atoms with E-state index in [-0.39, 0.29) is 31.9 Å². The molecular weight excluding hydrogens is 876 g/mol. The number of halogens is 1. The van der Waals surface area contributed by atoms with Crippen molar-refractivity contribution in [2.45, 2.75) is 162 Å². The average molecular weight is 951 g/mol. The number of hydrogen-bond donors (Lipinski definition) is 0. The summed E-state index contributed by atoms with van der Waals surface area (Å²) >= 11 is 0. The highest BCUT2D eigenvalue weighted by molar-refractivity contribution is 6.76.